The molecule has 0 aliphatic carbocycles. The number of nitrogens with zero attached hydrogens (tertiary/aromatic N) is 3. The Balaban J connectivity index is 2.16. The van der Waals surface area contributed by atoms with Crippen molar-refractivity contribution in [2.45, 2.75) is 45.2 Å². The lowest BCUT2D eigenvalue weighted by Gasteiger charge is -2.22. The fourth-order valence-corrected chi connectivity index (χ4v) is 2.96. The standard InChI is InChI=1S/C14H19ClF3N3/c1-2-4-10-5-3-7-21(8-6-10)12-9-11(15)19-13(20-12)14(16,17)18/h9-10H,2-8H2,1H3. The molecule has 0 aromatic carbocycles. The summed E-state index contributed by atoms with van der Waals surface area (Å²) in [6.45, 7) is 3.59. The van der Waals surface area contributed by atoms with Crippen LogP contribution < -0.4 is 4.90 Å². The van der Waals surface area contributed by atoms with Gasteiger partial charge in [-0.05, 0) is 25.2 Å². The zero-order valence-electron chi connectivity index (χ0n) is 12.0. The van der Waals surface area contributed by atoms with Crippen molar-refractivity contribution < 1.29 is 13.2 Å². The monoisotopic (exact) mass is 321 g/mol. The van der Waals surface area contributed by atoms with Crippen molar-refractivity contribution in [3.8, 4) is 0 Å². The highest BCUT2D eigenvalue weighted by Crippen LogP contribution is 2.30. The maximum atomic E-state index is 12.8. The van der Waals surface area contributed by atoms with Gasteiger partial charge in [-0.3, -0.25) is 0 Å². The van der Waals surface area contributed by atoms with Crippen LogP contribution in [-0.2, 0) is 6.18 Å². The van der Waals surface area contributed by atoms with E-state index in [1.54, 1.807) is 0 Å². The summed E-state index contributed by atoms with van der Waals surface area (Å²) >= 11 is 5.72. The van der Waals surface area contributed by atoms with E-state index in [1.165, 1.54) is 12.5 Å². The van der Waals surface area contributed by atoms with Gasteiger partial charge in [0.05, 0.1) is 0 Å². The van der Waals surface area contributed by atoms with Gasteiger partial charge in [0.15, 0.2) is 0 Å². The largest absolute Gasteiger partial charge is 0.451 e. The van der Waals surface area contributed by atoms with Crippen LogP contribution in [0.3, 0.4) is 0 Å². The molecule has 118 valence electrons. The Labute approximate surface area is 127 Å². The summed E-state index contributed by atoms with van der Waals surface area (Å²) in [5.74, 6) is -0.238. The Bertz CT molecular complexity index is 479. The molecule has 21 heavy (non-hydrogen) atoms. The molecule has 1 aromatic heterocycles. The topological polar surface area (TPSA) is 29.0 Å². The van der Waals surface area contributed by atoms with Gasteiger partial charge < -0.3 is 4.90 Å². The second-order valence-electron chi connectivity index (χ2n) is 5.44. The van der Waals surface area contributed by atoms with Crippen molar-refractivity contribution in [1.82, 2.24) is 9.97 Å². The van der Waals surface area contributed by atoms with E-state index >= 15 is 0 Å². The molecule has 0 saturated carbocycles. The number of halogens is 4. The summed E-state index contributed by atoms with van der Waals surface area (Å²) in [6.07, 6.45) is 0.810. The van der Waals surface area contributed by atoms with Gasteiger partial charge in [0.2, 0.25) is 5.82 Å². The van der Waals surface area contributed by atoms with Crippen LogP contribution in [0.5, 0.6) is 0 Å². The highest BCUT2D eigenvalue weighted by atomic mass is 35.5. The van der Waals surface area contributed by atoms with E-state index < -0.39 is 12.0 Å². The molecular formula is C14H19ClF3N3. The Morgan fingerprint density at radius 2 is 2.05 bits per heavy atom. The van der Waals surface area contributed by atoms with E-state index in [4.69, 9.17) is 11.6 Å². The van der Waals surface area contributed by atoms with Gasteiger partial charge in [0, 0.05) is 19.2 Å². The third-order valence-electron chi connectivity index (χ3n) is 3.80. The Morgan fingerprint density at radius 1 is 1.29 bits per heavy atom. The van der Waals surface area contributed by atoms with Gasteiger partial charge >= 0.3 is 6.18 Å². The van der Waals surface area contributed by atoms with Crippen molar-refractivity contribution in [2.75, 3.05) is 18.0 Å². The van der Waals surface area contributed by atoms with Gasteiger partial charge in [0.1, 0.15) is 11.0 Å². The lowest BCUT2D eigenvalue weighted by molar-refractivity contribution is -0.144. The molecule has 1 saturated heterocycles. The molecule has 1 fully saturated rings. The van der Waals surface area contributed by atoms with Crippen LogP contribution in [0.25, 0.3) is 0 Å². The second-order valence-corrected chi connectivity index (χ2v) is 5.83. The molecular weight excluding hydrogens is 303 g/mol. The number of anilines is 1. The summed E-state index contributed by atoms with van der Waals surface area (Å²) < 4.78 is 38.3. The number of rotatable bonds is 3. The first-order valence-corrected chi connectivity index (χ1v) is 7.64. The number of aromatic nitrogens is 2. The zero-order valence-corrected chi connectivity index (χ0v) is 12.7. The second kappa shape index (κ2) is 6.81. The van der Waals surface area contributed by atoms with Crippen molar-refractivity contribution in [3.05, 3.63) is 17.0 Å². The average Bonchev–Trinajstić information content (AvgIpc) is 2.63. The van der Waals surface area contributed by atoms with Gasteiger partial charge in [-0.25, -0.2) is 9.97 Å². The van der Waals surface area contributed by atoms with Crippen LogP contribution >= 0.6 is 11.6 Å². The molecule has 0 bridgehead atoms. The minimum atomic E-state index is -4.57. The van der Waals surface area contributed by atoms with Crippen LogP contribution in [-0.4, -0.2) is 23.1 Å². The van der Waals surface area contributed by atoms with E-state index in [0.717, 1.165) is 32.2 Å². The van der Waals surface area contributed by atoms with Crippen LogP contribution in [0.1, 0.15) is 44.9 Å². The maximum absolute atomic E-state index is 12.8. The third kappa shape index (κ3) is 4.46. The Kier molecular flexibility index (Phi) is 5.30. The molecule has 1 aromatic rings. The van der Waals surface area contributed by atoms with Crippen molar-refractivity contribution in [1.29, 1.82) is 0 Å². The van der Waals surface area contributed by atoms with Gasteiger partial charge in [-0.1, -0.05) is 31.4 Å². The lowest BCUT2D eigenvalue weighted by atomic mass is 9.96. The van der Waals surface area contributed by atoms with Crippen LogP contribution in [0.4, 0.5) is 19.0 Å². The van der Waals surface area contributed by atoms with E-state index in [2.05, 4.69) is 16.9 Å². The zero-order chi connectivity index (χ0) is 15.5. The van der Waals surface area contributed by atoms with Crippen molar-refractivity contribution in [2.24, 2.45) is 5.92 Å². The highest BCUT2D eigenvalue weighted by molar-refractivity contribution is 6.29. The molecule has 0 amide bonds. The number of alkyl halides is 3. The fraction of sp³-hybridized carbons (Fsp3) is 0.714. The van der Waals surface area contributed by atoms with Crippen molar-refractivity contribution >= 4 is 17.4 Å². The molecule has 2 rings (SSSR count). The van der Waals surface area contributed by atoms with Gasteiger partial charge in [0.25, 0.3) is 0 Å². The molecule has 0 spiro atoms. The lowest BCUT2D eigenvalue weighted by Crippen LogP contribution is -2.26. The molecule has 0 radical (unpaired) electrons. The molecule has 2 heterocycles. The van der Waals surface area contributed by atoms with Crippen LogP contribution in [0, 0.1) is 5.92 Å². The molecule has 1 atom stereocenters. The SMILES string of the molecule is CCCC1CCCN(c2cc(Cl)nc(C(F)(F)F)n2)CC1. The normalized spacial score (nSPS) is 20.4. The molecule has 3 nitrogen and oxygen atoms in total. The summed E-state index contributed by atoms with van der Waals surface area (Å²) in [7, 11) is 0. The summed E-state index contributed by atoms with van der Waals surface area (Å²) in [4.78, 5) is 8.80. The number of hydrogen-bond donors (Lipinski definition) is 0. The quantitative estimate of drug-likeness (QED) is 0.764. The molecule has 0 N–H and O–H groups in total. The summed E-state index contributed by atoms with van der Waals surface area (Å²) in [6, 6.07) is 1.41. The van der Waals surface area contributed by atoms with E-state index in [0.29, 0.717) is 12.5 Å². The Morgan fingerprint density at radius 3 is 2.71 bits per heavy atom. The first-order chi connectivity index (χ1) is 9.90. The first kappa shape index (κ1) is 16.3. The predicted molar refractivity (Wildman–Crippen MR) is 76.5 cm³/mol. The molecule has 1 unspecified atom stereocenters. The van der Waals surface area contributed by atoms with Crippen molar-refractivity contribution in [3.63, 3.8) is 0 Å². The summed E-state index contributed by atoms with van der Waals surface area (Å²) in [5, 5.41) is -0.165. The van der Waals surface area contributed by atoms with E-state index in [1.807, 2.05) is 4.90 Å². The van der Waals surface area contributed by atoms with Gasteiger partial charge in [-0.15, -0.1) is 0 Å². The smallest absolute Gasteiger partial charge is 0.356 e. The van der Waals surface area contributed by atoms with E-state index in [9.17, 15) is 13.2 Å². The van der Waals surface area contributed by atoms with Crippen LogP contribution in [0.2, 0.25) is 5.15 Å². The maximum Gasteiger partial charge on any atom is 0.451 e. The molecule has 7 heteroatoms. The number of hydrogen-bond acceptors (Lipinski definition) is 3. The average molecular weight is 322 g/mol. The first-order valence-electron chi connectivity index (χ1n) is 7.27. The predicted octanol–water partition coefficient (Wildman–Crippen LogP) is 4.56. The fourth-order valence-electron chi connectivity index (χ4n) is 2.79. The van der Waals surface area contributed by atoms with Crippen LogP contribution in [0.15, 0.2) is 6.07 Å². The minimum Gasteiger partial charge on any atom is -0.356 e. The highest BCUT2D eigenvalue weighted by Gasteiger charge is 2.36. The summed E-state index contributed by atoms with van der Waals surface area (Å²) in [5.41, 5.74) is 0. The third-order valence-corrected chi connectivity index (χ3v) is 4.00. The molecule has 1 aliphatic rings. The minimum absolute atomic E-state index is 0.165. The Hall–Kier alpha value is -1.04. The molecule has 1 aliphatic heterocycles. The van der Waals surface area contributed by atoms with Gasteiger partial charge in [-0.2, -0.15) is 13.2 Å². The van der Waals surface area contributed by atoms with E-state index in [-0.39, 0.29) is 11.0 Å².